The van der Waals surface area contributed by atoms with Crippen molar-refractivity contribution >= 4 is 41.4 Å². The van der Waals surface area contributed by atoms with Gasteiger partial charge in [0.1, 0.15) is 67.6 Å². The Hall–Kier alpha value is -7.10. The number of pyridine rings is 2. The molecule has 18 heteroatoms. The lowest BCUT2D eigenvalue weighted by Crippen LogP contribution is -2.44. The highest BCUT2D eigenvalue weighted by Crippen LogP contribution is 2.37. The summed E-state index contributed by atoms with van der Waals surface area (Å²) >= 11 is 13.6. The minimum Gasteiger partial charge on any atom is -0.488 e. The van der Waals surface area contributed by atoms with Gasteiger partial charge in [-0.05, 0) is 85.3 Å². The van der Waals surface area contributed by atoms with Gasteiger partial charge in [0.2, 0.25) is 0 Å². The molecule has 71 heavy (non-hydrogen) atoms. The van der Waals surface area contributed by atoms with E-state index in [-0.39, 0.29) is 49.6 Å². The van der Waals surface area contributed by atoms with Gasteiger partial charge in [-0.3, -0.25) is 35.2 Å². The topological polar surface area (TPSA) is 238 Å². The fourth-order valence-electron chi connectivity index (χ4n) is 7.62. The van der Waals surface area contributed by atoms with Gasteiger partial charge >= 0.3 is 11.9 Å². The van der Waals surface area contributed by atoms with Crippen LogP contribution in [0, 0.1) is 25.2 Å². The zero-order valence-electron chi connectivity index (χ0n) is 39.7. The second kappa shape index (κ2) is 25.1. The van der Waals surface area contributed by atoms with Crippen LogP contribution in [0.1, 0.15) is 69.5 Å². The van der Waals surface area contributed by atoms with Crippen LogP contribution < -0.4 is 29.6 Å². The van der Waals surface area contributed by atoms with Crippen molar-refractivity contribution in [1.29, 1.82) is 5.26 Å². The quantitative estimate of drug-likeness (QED) is 0.0314. The second-order valence-electron chi connectivity index (χ2n) is 16.7. The number of nitrogens with one attached hydrogen (secondary N) is 2. The van der Waals surface area contributed by atoms with Crippen LogP contribution in [0.15, 0.2) is 103 Å². The molecular weight excluding hydrogens is 952 g/mol. The Morgan fingerprint density at radius 3 is 1.55 bits per heavy atom. The van der Waals surface area contributed by atoms with E-state index in [0.29, 0.717) is 45.3 Å². The average Bonchev–Trinajstić information content (AvgIpc) is 3.33. The van der Waals surface area contributed by atoms with E-state index in [1.807, 2.05) is 56.3 Å². The molecule has 0 bridgehead atoms. The van der Waals surface area contributed by atoms with E-state index in [0.717, 1.165) is 44.5 Å². The lowest BCUT2D eigenvalue weighted by molar-refractivity contribution is -0.143. The van der Waals surface area contributed by atoms with E-state index < -0.39 is 36.2 Å². The first-order chi connectivity index (χ1) is 34.1. The summed E-state index contributed by atoms with van der Waals surface area (Å²) < 4.78 is 25.2. The molecule has 0 amide bonds. The van der Waals surface area contributed by atoms with Gasteiger partial charge in [0.25, 0.3) is 0 Å². The molecule has 16 nitrogen and oxygen atoms in total. The van der Waals surface area contributed by atoms with Crippen LogP contribution in [0.5, 0.6) is 23.0 Å². The summed E-state index contributed by atoms with van der Waals surface area (Å²) in [6.45, 7) is 7.26. The molecule has 0 saturated carbocycles. The zero-order valence-corrected chi connectivity index (χ0v) is 41.2. The fraction of sp³-hybridized carbons (Fsp3) is 0.283. The maximum Gasteiger partial charge on any atom is 0.323 e. The van der Waals surface area contributed by atoms with Gasteiger partial charge in [-0.15, -0.1) is 0 Å². The van der Waals surface area contributed by atoms with Crippen LogP contribution in [0.3, 0.4) is 0 Å². The Bertz CT molecular complexity index is 2930. The molecule has 370 valence electrons. The zero-order chi connectivity index (χ0) is 51.2. The second-order valence-corrected chi connectivity index (χ2v) is 17.5. The number of aliphatic hydroxyl groups excluding tert-OH is 2. The molecule has 6 rings (SSSR count). The van der Waals surface area contributed by atoms with Crippen molar-refractivity contribution in [2.75, 3.05) is 7.05 Å². The lowest BCUT2D eigenvalue weighted by Gasteiger charge is -2.20. The van der Waals surface area contributed by atoms with Crippen molar-refractivity contribution < 1.29 is 49.0 Å². The van der Waals surface area contributed by atoms with Gasteiger partial charge < -0.3 is 39.4 Å². The standard InChI is InChI=1S/C53H54Cl2N6O10/c1-30-38(28-70-48-16-46(68-26-36-12-34(18-56)20-58-22-36)40(14-44(48)54)24-60-50(32(3)62)52(64)65)8-6-10-42(30)43-11-7-9-39(31(43)2)29-71-49-17-47(69-27-37-13-35(19-57-5)21-59-23-37)41(15-45(49)55)25-61-51(33(4)63)53(66)67/h6-17,19-23,32-33,50-51,60-63H,24-29H2,1-5H3,(H,64,65)(H,66,67)/t32-,33-,50+,51+/m0/s1. The van der Waals surface area contributed by atoms with Gasteiger partial charge in [0, 0.05) is 91.1 Å². The molecule has 0 radical (unpaired) electrons. The highest BCUT2D eigenvalue weighted by Gasteiger charge is 2.25. The maximum absolute atomic E-state index is 11.8. The molecule has 0 spiro atoms. The van der Waals surface area contributed by atoms with E-state index in [1.54, 1.807) is 62.2 Å². The normalized spacial score (nSPS) is 13.0. The molecule has 6 aromatic rings. The van der Waals surface area contributed by atoms with Crippen LogP contribution in [-0.4, -0.2) is 79.9 Å². The summed E-state index contributed by atoms with van der Waals surface area (Å²) in [5, 5.41) is 55.1. The number of carboxylic acid groups (broad SMARTS) is 2. The van der Waals surface area contributed by atoms with E-state index >= 15 is 0 Å². The number of ether oxygens (including phenoxy) is 4. The van der Waals surface area contributed by atoms with Crippen LogP contribution in [0.2, 0.25) is 10.0 Å². The molecule has 6 N–H and O–H groups in total. The number of rotatable bonds is 24. The summed E-state index contributed by atoms with van der Waals surface area (Å²) in [5.41, 5.74) is 9.26. The predicted molar refractivity (Wildman–Crippen MR) is 268 cm³/mol. The summed E-state index contributed by atoms with van der Waals surface area (Å²) in [6.07, 6.45) is 5.71. The van der Waals surface area contributed by atoms with Crippen molar-refractivity contribution in [3.63, 3.8) is 0 Å². The van der Waals surface area contributed by atoms with Gasteiger partial charge in [-0.25, -0.2) is 0 Å². The number of halogens is 2. The van der Waals surface area contributed by atoms with E-state index in [9.17, 15) is 35.3 Å². The van der Waals surface area contributed by atoms with E-state index in [1.165, 1.54) is 20.0 Å². The minimum absolute atomic E-state index is 0.00365. The molecule has 2 aromatic heterocycles. The number of carbonyl (C=O) groups is 2. The highest BCUT2D eigenvalue weighted by molar-refractivity contribution is 6.32. The number of nitrogens with zero attached hydrogens (tertiary/aromatic N) is 4. The summed E-state index contributed by atoms with van der Waals surface area (Å²) in [6, 6.07) is 21.6. The third-order valence-electron chi connectivity index (χ3n) is 11.5. The number of aliphatic imine (C=N–C) groups is 1. The van der Waals surface area contributed by atoms with Crippen LogP contribution in [-0.2, 0) is 49.1 Å². The largest absolute Gasteiger partial charge is 0.488 e. The summed E-state index contributed by atoms with van der Waals surface area (Å²) in [4.78, 5) is 36.1. The smallest absolute Gasteiger partial charge is 0.323 e. The fourth-order valence-corrected chi connectivity index (χ4v) is 8.10. The number of nitriles is 1. The number of benzene rings is 4. The van der Waals surface area contributed by atoms with Crippen LogP contribution >= 0.6 is 23.2 Å². The summed E-state index contributed by atoms with van der Waals surface area (Å²) in [5.74, 6) is -1.04. The van der Waals surface area contributed by atoms with Crippen LogP contribution in [0.4, 0.5) is 0 Å². The SMILES string of the molecule is CN=Cc1cncc(COc2cc(OCc3cccc(-c4cccc(COc5cc(OCc6cncc(C#N)c6)c(CN[C@@H](C(=O)O)[C@H](C)O)cc5Cl)c4C)c3C)c(Cl)cc2CN[C@@H](C(=O)O)[C@H](C)O)c1. The number of carboxylic acids is 2. The Morgan fingerprint density at radius 1 is 0.662 bits per heavy atom. The van der Waals surface area contributed by atoms with Crippen molar-refractivity contribution in [3.05, 3.63) is 163 Å². The van der Waals surface area contributed by atoms with Crippen molar-refractivity contribution in [2.24, 2.45) is 4.99 Å². The number of aliphatic carboxylic acids is 2. The number of hydrogen-bond donors (Lipinski definition) is 6. The third kappa shape index (κ3) is 14.3. The van der Waals surface area contributed by atoms with Gasteiger partial charge in [-0.2, -0.15) is 5.26 Å². The Labute approximate surface area is 421 Å². The van der Waals surface area contributed by atoms with Gasteiger partial charge in [-0.1, -0.05) is 59.6 Å². The molecule has 4 aromatic carbocycles. The highest BCUT2D eigenvalue weighted by atomic mass is 35.5. The van der Waals surface area contributed by atoms with Crippen LogP contribution in [0.25, 0.3) is 11.1 Å². The van der Waals surface area contributed by atoms with Gasteiger partial charge in [0.15, 0.2) is 0 Å². The third-order valence-corrected chi connectivity index (χ3v) is 12.1. The first kappa shape index (κ1) is 53.3. The molecule has 0 aliphatic heterocycles. The monoisotopic (exact) mass is 1000 g/mol. The van der Waals surface area contributed by atoms with E-state index in [2.05, 4.69) is 31.7 Å². The lowest BCUT2D eigenvalue weighted by atomic mass is 9.92. The van der Waals surface area contributed by atoms with Crippen molar-refractivity contribution in [2.45, 2.75) is 91.5 Å². The molecule has 0 unspecified atom stereocenters. The first-order valence-electron chi connectivity index (χ1n) is 22.4. The van der Waals surface area contributed by atoms with Crippen molar-refractivity contribution in [3.8, 4) is 40.2 Å². The van der Waals surface area contributed by atoms with Crippen molar-refractivity contribution in [1.82, 2.24) is 20.6 Å². The number of hydrogen-bond acceptors (Lipinski definition) is 14. The first-order valence-corrected chi connectivity index (χ1v) is 23.1. The molecule has 2 heterocycles. The molecule has 0 aliphatic rings. The number of aromatic nitrogens is 2. The maximum atomic E-state index is 11.8. The van der Waals surface area contributed by atoms with E-state index in [4.69, 9.17) is 42.1 Å². The summed E-state index contributed by atoms with van der Waals surface area (Å²) in [7, 11) is 1.67. The predicted octanol–water partition coefficient (Wildman–Crippen LogP) is 8.15. The average molecular weight is 1010 g/mol. The molecule has 0 fully saturated rings. The Kier molecular flexibility index (Phi) is 18.9. The Balaban J connectivity index is 1.21. The molecule has 0 aliphatic carbocycles. The van der Waals surface area contributed by atoms with Gasteiger partial charge in [0.05, 0.1) is 27.8 Å². The Morgan fingerprint density at radius 2 is 1.11 bits per heavy atom. The number of aliphatic hydroxyl groups is 2. The molecular formula is C53H54Cl2N6O10. The minimum atomic E-state index is -1.25. The molecule has 0 saturated heterocycles. The molecule has 4 atom stereocenters.